The molecular weight excluding hydrogens is 124 g/mol. The smallest absolute Gasteiger partial charge is 0.0595 e. The van der Waals surface area contributed by atoms with Crippen LogP contribution < -0.4 is 0 Å². The van der Waals surface area contributed by atoms with Crippen LogP contribution in [-0.4, -0.2) is 12.7 Å². The monoisotopic (exact) mass is 144 g/mol. The van der Waals surface area contributed by atoms with Gasteiger partial charge in [-0.2, -0.15) is 0 Å². The lowest BCUT2D eigenvalue weighted by Gasteiger charge is -2.26. The van der Waals surface area contributed by atoms with Gasteiger partial charge in [0.2, 0.25) is 0 Å². The van der Waals surface area contributed by atoms with E-state index in [2.05, 4.69) is 34.6 Å². The summed E-state index contributed by atoms with van der Waals surface area (Å²) < 4.78 is 5.56. The van der Waals surface area contributed by atoms with Crippen LogP contribution in [0, 0.1) is 5.41 Å². The van der Waals surface area contributed by atoms with Gasteiger partial charge in [-0.15, -0.1) is 0 Å². The maximum atomic E-state index is 5.56. The Labute approximate surface area is 64.8 Å². The second-order valence-electron chi connectivity index (χ2n) is 3.88. The van der Waals surface area contributed by atoms with Crippen molar-refractivity contribution in [1.82, 2.24) is 0 Å². The molecule has 0 saturated heterocycles. The normalized spacial score (nSPS) is 15.3. The Morgan fingerprint density at radius 2 is 1.80 bits per heavy atom. The minimum Gasteiger partial charge on any atom is -0.378 e. The van der Waals surface area contributed by atoms with E-state index in [4.69, 9.17) is 4.74 Å². The predicted molar refractivity (Wildman–Crippen MR) is 45.2 cm³/mol. The van der Waals surface area contributed by atoms with Crippen molar-refractivity contribution in [2.75, 3.05) is 6.61 Å². The molecule has 0 aromatic rings. The largest absolute Gasteiger partial charge is 0.378 e. The molecule has 0 aromatic heterocycles. The van der Waals surface area contributed by atoms with E-state index in [0.717, 1.165) is 13.0 Å². The molecule has 0 amide bonds. The first-order chi connectivity index (χ1) is 4.48. The van der Waals surface area contributed by atoms with E-state index in [1.165, 1.54) is 0 Å². The SMILES string of the molecule is CCCOC(C)C(C)(C)C. The molecule has 0 fully saturated rings. The Morgan fingerprint density at radius 3 is 2.10 bits per heavy atom. The van der Waals surface area contributed by atoms with E-state index in [0.29, 0.717) is 6.10 Å². The summed E-state index contributed by atoms with van der Waals surface area (Å²) in [6, 6.07) is 0. The van der Waals surface area contributed by atoms with Gasteiger partial charge in [0.15, 0.2) is 0 Å². The third-order valence-electron chi connectivity index (χ3n) is 1.79. The van der Waals surface area contributed by atoms with E-state index in [9.17, 15) is 0 Å². The van der Waals surface area contributed by atoms with Crippen molar-refractivity contribution in [2.24, 2.45) is 5.41 Å². The molecule has 0 aliphatic carbocycles. The third-order valence-corrected chi connectivity index (χ3v) is 1.79. The molecule has 0 N–H and O–H groups in total. The Kier molecular flexibility index (Phi) is 3.95. The molecule has 1 nitrogen and oxygen atoms in total. The summed E-state index contributed by atoms with van der Waals surface area (Å²) in [5, 5.41) is 0. The maximum Gasteiger partial charge on any atom is 0.0595 e. The van der Waals surface area contributed by atoms with Crippen LogP contribution in [0.1, 0.15) is 41.0 Å². The van der Waals surface area contributed by atoms with Crippen LogP contribution in [0.2, 0.25) is 0 Å². The van der Waals surface area contributed by atoms with Crippen molar-refractivity contribution < 1.29 is 4.74 Å². The zero-order chi connectivity index (χ0) is 8.20. The van der Waals surface area contributed by atoms with Crippen LogP contribution >= 0.6 is 0 Å². The fourth-order valence-electron chi connectivity index (χ4n) is 0.545. The van der Waals surface area contributed by atoms with Gasteiger partial charge in [0.25, 0.3) is 0 Å². The fourth-order valence-corrected chi connectivity index (χ4v) is 0.545. The summed E-state index contributed by atoms with van der Waals surface area (Å²) >= 11 is 0. The van der Waals surface area contributed by atoms with Gasteiger partial charge in [-0.3, -0.25) is 0 Å². The summed E-state index contributed by atoms with van der Waals surface area (Å²) in [5.41, 5.74) is 0.287. The molecule has 1 heteroatoms. The van der Waals surface area contributed by atoms with E-state index >= 15 is 0 Å². The van der Waals surface area contributed by atoms with Gasteiger partial charge in [-0.25, -0.2) is 0 Å². The highest BCUT2D eigenvalue weighted by atomic mass is 16.5. The second-order valence-corrected chi connectivity index (χ2v) is 3.88. The minimum atomic E-state index is 0.287. The van der Waals surface area contributed by atoms with Gasteiger partial charge in [0, 0.05) is 6.61 Å². The number of ether oxygens (including phenoxy) is 1. The van der Waals surface area contributed by atoms with E-state index in [1.807, 2.05) is 0 Å². The van der Waals surface area contributed by atoms with E-state index in [1.54, 1.807) is 0 Å². The van der Waals surface area contributed by atoms with E-state index < -0.39 is 0 Å². The number of hydrogen-bond donors (Lipinski definition) is 0. The molecule has 0 bridgehead atoms. The van der Waals surface area contributed by atoms with Gasteiger partial charge in [-0.05, 0) is 18.8 Å². The zero-order valence-electron chi connectivity index (χ0n) is 7.90. The van der Waals surface area contributed by atoms with Crippen molar-refractivity contribution in [3.63, 3.8) is 0 Å². The standard InChI is InChI=1S/C9H20O/c1-6-7-10-8(2)9(3,4)5/h8H,6-7H2,1-5H3. The first-order valence-corrected chi connectivity index (χ1v) is 4.10. The molecule has 1 atom stereocenters. The van der Waals surface area contributed by atoms with Gasteiger partial charge in [0.1, 0.15) is 0 Å². The van der Waals surface area contributed by atoms with Crippen LogP contribution in [-0.2, 0) is 4.74 Å². The van der Waals surface area contributed by atoms with E-state index in [-0.39, 0.29) is 5.41 Å². The zero-order valence-corrected chi connectivity index (χ0v) is 7.90. The Hall–Kier alpha value is -0.0400. The first kappa shape index (κ1) is 9.96. The van der Waals surface area contributed by atoms with Gasteiger partial charge >= 0.3 is 0 Å². The fraction of sp³-hybridized carbons (Fsp3) is 1.00. The Bertz CT molecular complexity index is 81.2. The quantitative estimate of drug-likeness (QED) is 0.592. The average molecular weight is 144 g/mol. The lowest BCUT2D eigenvalue weighted by molar-refractivity contribution is -0.00435. The van der Waals surface area contributed by atoms with Gasteiger partial charge in [-0.1, -0.05) is 27.7 Å². The molecule has 0 aromatic carbocycles. The van der Waals surface area contributed by atoms with Crippen molar-refractivity contribution in [3.8, 4) is 0 Å². The van der Waals surface area contributed by atoms with Crippen molar-refractivity contribution >= 4 is 0 Å². The summed E-state index contributed by atoms with van der Waals surface area (Å²) in [5.74, 6) is 0. The summed E-state index contributed by atoms with van der Waals surface area (Å²) in [6.07, 6.45) is 1.48. The molecule has 10 heavy (non-hydrogen) atoms. The van der Waals surface area contributed by atoms with Crippen LogP contribution in [0.4, 0.5) is 0 Å². The van der Waals surface area contributed by atoms with Crippen molar-refractivity contribution in [1.29, 1.82) is 0 Å². The highest BCUT2D eigenvalue weighted by Gasteiger charge is 2.19. The highest BCUT2D eigenvalue weighted by molar-refractivity contribution is 4.69. The first-order valence-electron chi connectivity index (χ1n) is 4.10. The Balaban J connectivity index is 3.52. The molecule has 0 radical (unpaired) electrons. The minimum absolute atomic E-state index is 0.287. The molecule has 62 valence electrons. The van der Waals surface area contributed by atoms with Crippen LogP contribution in [0.5, 0.6) is 0 Å². The summed E-state index contributed by atoms with van der Waals surface area (Å²) in [7, 11) is 0. The van der Waals surface area contributed by atoms with Gasteiger partial charge < -0.3 is 4.74 Å². The molecule has 0 saturated carbocycles. The second kappa shape index (κ2) is 3.97. The highest BCUT2D eigenvalue weighted by Crippen LogP contribution is 2.21. The van der Waals surface area contributed by atoms with Crippen LogP contribution in [0.15, 0.2) is 0 Å². The predicted octanol–water partition coefficient (Wildman–Crippen LogP) is 2.85. The maximum absolute atomic E-state index is 5.56. The topological polar surface area (TPSA) is 9.23 Å². The lowest BCUT2D eigenvalue weighted by atomic mass is 9.90. The summed E-state index contributed by atoms with van der Waals surface area (Å²) in [4.78, 5) is 0. The molecular formula is C9H20O. The molecule has 0 heterocycles. The molecule has 0 spiro atoms. The molecule has 0 rings (SSSR count). The number of hydrogen-bond acceptors (Lipinski definition) is 1. The van der Waals surface area contributed by atoms with Crippen molar-refractivity contribution in [2.45, 2.75) is 47.1 Å². The third kappa shape index (κ3) is 3.89. The van der Waals surface area contributed by atoms with Crippen molar-refractivity contribution in [3.05, 3.63) is 0 Å². The molecule has 1 unspecified atom stereocenters. The number of rotatable bonds is 3. The van der Waals surface area contributed by atoms with Crippen LogP contribution in [0.25, 0.3) is 0 Å². The average Bonchev–Trinajstić information content (AvgIpc) is 1.80. The lowest BCUT2D eigenvalue weighted by Crippen LogP contribution is -2.26. The molecule has 0 aliphatic heterocycles. The Morgan fingerprint density at radius 1 is 1.30 bits per heavy atom. The summed E-state index contributed by atoms with van der Waals surface area (Å²) in [6.45, 7) is 11.8. The molecule has 0 aliphatic rings. The van der Waals surface area contributed by atoms with Gasteiger partial charge in [0.05, 0.1) is 6.10 Å². The van der Waals surface area contributed by atoms with Crippen LogP contribution in [0.3, 0.4) is 0 Å².